The van der Waals surface area contributed by atoms with Gasteiger partial charge in [-0.05, 0) is 78.6 Å². The zero-order chi connectivity index (χ0) is 42.9. The van der Waals surface area contributed by atoms with Crippen molar-refractivity contribution in [2.45, 2.75) is 103 Å². The molecule has 1 saturated carbocycles. The fourth-order valence-corrected chi connectivity index (χ4v) is 7.63. The largest absolute Gasteiger partial charge is 0.497 e. The lowest BCUT2D eigenvalue weighted by atomic mass is 9.80. The third kappa shape index (κ3) is 15.3. The molecule has 4 rings (SSSR count). The van der Waals surface area contributed by atoms with Crippen LogP contribution in [0.5, 0.6) is 5.75 Å². The van der Waals surface area contributed by atoms with E-state index in [-0.39, 0.29) is 43.3 Å². The molecule has 1 aliphatic carbocycles. The summed E-state index contributed by atoms with van der Waals surface area (Å²) in [6, 6.07) is 18.2. The van der Waals surface area contributed by atoms with Crippen LogP contribution in [-0.2, 0) is 36.8 Å². The summed E-state index contributed by atoms with van der Waals surface area (Å²) in [4.78, 5) is 79.3. The highest BCUT2D eigenvalue weighted by Crippen LogP contribution is 2.31. The van der Waals surface area contributed by atoms with Gasteiger partial charge in [0.15, 0.2) is 5.78 Å². The van der Waals surface area contributed by atoms with Gasteiger partial charge in [-0.15, -0.1) is 0 Å². The molecule has 13 nitrogen and oxygen atoms in total. The molecule has 0 aliphatic heterocycles. The maximum atomic E-state index is 13.8. The van der Waals surface area contributed by atoms with E-state index in [1.54, 1.807) is 54.6 Å². The van der Waals surface area contributed by atoms with Crippen LogP contribution in [0.25, 0.3) is 0 Å². The Kier molecular flexibility index (Phi) is 18.1. The number of nitrogens with one attached hydrogen (secondary N) is 4. The van der Waals surface area contributed by atoms with E-state index in [1.165, 1.54) is 7.11 Å². The van der Waals surface area contributed by atoms with Crippen molar-refractivity contribution in [3.05, 3.63) is 89.5 Å². The number of amides is 4. The normalized spacial score (nSPS) is 14.9. The Hall–Kier alpha value is -5.56. The molecule has 3 aromatic rings. The molecule has 0 saturated heterocycles. The lowest BCUT2D eigenvalue weighted by molar-refractivity contribution is -0.143. The molecule has 13 heteroatoms. The predicted octanol–water partition coefficient (Wildman–Crippen LogP) is 6.65. The minimum atomic E-state index is -1.31. The number of methoxy groups -OCH3 is 1. The van der Waals surface area contributed by atoms with Crippen molar-refractivity contribution in [2.24, 2.45) is 23.7 Å². The average molecular weight is 813 g/mol. The van der Waals surface area contributed by atoms with Gasteiger partial charge in [0.05, 0.1) is 13.7 Å². The highest BCUT2D eigenvalue weighted by Gasteiger charge is 2.33. The minimum absolute atomic E-state index is 0.0244. The number of urea groups is 1. The van der Waals surface area contributed by atoms with Crippen LogP contribution in [-0.4, -0.2) is 71.4 Å². The first-order chi connectivity index (χ1) is 28.2. The minimum Gasteiger partial charge on any atom is -0.497 e. The first-order valence-electron chi connectivity index (χ1n) is 20.6. The molecule has 318 valence electrons. The van der Waals surface area contributed by atoms with Crippen LogP contribution >= 0.6 is 0 Å². The highest BCUT2D eigenvalue weighted by atomic mass is 16.5. The summed E-state index contributed by atoms with van der Waals surface area (Å²) in [6.07, 6.45) is 5.31. The smallest absolute Gasteiger partial charge is 0.326 e. The molecule has 0 unspecified atom stereocenters. The number of aliphatic hydroxyl groups excluding tert-OH is 1. The van der Waals surface area contributed by atoms with Crippen LogP contribution in [0.4, 0.5) is 16.2 Å². The predicted molar refractivity (Wildman–Crippen MR) is 226 cm³/mol. The van der Waals surface area contributed by atoms with Gasteiger partial charge >= 0.3 is 12.0 Å². The summed E-state index contributed by atoms with van der Waals surface area (Å²) in [6.45, 7) is 5.04. The number of ketones is 2. The number of carbonyl (C=O) groups excluding carboxylic acids is 5. The Morgan fingerprint density at radius 2 is 1.39 bits per heavy atom. The molecule has 0 aromatic heterocycles. The van der Waals surface area contributed by atoms with Gasteiger partial charge in [0.25, 0.3) is 0 Å². The molecule has 6 N–H and O–H groups in total. The number of aliphatic hydroxyl groups is 1. The third-order valence-electron chi connectivity index (χ3n) is 10.9. The van der Waals surface area contributed by atoms with Gasteiger partial charge in [0, 0.05) is 48.9 Å². The van der Waals surface area contributed by atoms with Crippen molar-refractivity contribution in [3.8, 4) is 5.75 Å². The van der Waals surface area contributed by atoms with Crippen LogP contribution in [0.2, 0.25) is 0 Å². The molecule has 1 fully saturated rings. The Morgan fingerprint density at radius 3 is 2.00 bits per heavy atom. The second-order valence-electron chi connectivity index (χ2n) is 16.1. The third-order valence-corrected chi connectivity index (χ3v) is 10.9. The monoisotopic (exact) mass is 812 g/mol. The van der Waals surface area contributed by atoms with Gasteiger partial charge < -0.3 is 36.2 Å². The molecule has 0 radical (unpaired) electrons. The first-order valence-corrected chi connectivity index (χ1v) is 20.6. The van der Waals surface area contributed by atoms with Crippen LogP contribution in [0.15, 0.2) is 72.8 Å². The number of carbonyl (C=O) groups is 6. The Balaban J connectivity index is 1.37. The van der Waals surface area contributed by atoms with Crippen molar-refractivity contribution in [1.82, 2.24) is 10.6 Å². The van der Waals surface area contributed by atoms with Crippen molar-refractivity contribution < 1.29 is 43.7 Å². The topological polar surface area (TPSA) is 200 Å². The number of aryl methyl sites for hydroxylation is 1. The van der Waals surface area contributed by atoms with Crippen LogP contribution in [0.3, 0.4) is 0 Å². The molecular formula is C46H60N4O9. The summed E-state index contributed by atoms with van der Waals surface area (Å²) in [5, 5.41) is 31.2. The van der Waals surface area contributed by atoms with Gasteiger partial charge in [0.1, 0.15) is 23.6 Å². The molecule has 3 aromatic carbocycles. The van der Waals surface area contributed by atoms with Crippen molar-refractivity contribution in [3.63, 3.8) is 0 Å². The number of ether oxygens (including phenoxy) is 1. The maximum Gasteiger partial charge on any atom is 0.326 e. The summed E-state index contributed by atoms with van der Waals surface area (Å²) in [5.41, 5.74) is 3.53. The first kappa shape index (κ1) is 46.1. The van der Waals surface area contributed by atoms with Gasteiger partial charge in [-0.25, -0.2) is 9.59 Å². The van der Waals surface area contributed by atoms with Gasteiger partial charge in [-0.2, -0.15) is 0 Å². The van der Waals surface area contributed by atoms with Crippen molar-refractivity contribution in [1.29, 1.82) is 0 Å². The highest BCUT2D eigenvalue weighted by molar-refractivity contribution is 6.00. The fourth-order valence-electron chi connectivity index (χ4n) is 7.63. The summed E-state index contributed by atoms with van der Waals surface area (Å²) in [7, 11) is 1.53. The zero-order valence-electron chi connectivity index (χ0n) is 34.6. The number of rotatable bonds is 22. The van der Waals surface area contributed by atoms with E-state index in [1.807, 2.05) is 39.0 Å². The van der Waals surface area contributed by atoms with Crippen LogP contribution in [0.1, 0.15) is 88.3 Å². The van der Waals surface area contributed by atoms with E-state index in [4.69, 9.17) is 4.74 Å². The van der Waals surface area contributed by atoms with Crippen LogP contribution < -0.4 is 26.0 Å². The number of carboxylic acids is 1. The standard InChI is InChI=1S/C46H60N4O9/c1-29(2)22-34(26-37(52)24-32-14-18-36(19-15-32)47-46(58)50-39-13-9-8-10-30(39)3)43(54)49-41(28-51)42(53)27-35(23-31-11-6-5-7-12-31)44(55)48-40(45(56)57)25-33-16-20-38(59-4)21-17-33/h8-10,13-21,29,31,34-35,40-41,51H,5-7,11-12,22-28H2,1-4H3,(H,48,55)(H,49,54)(H,56,57)(H2,47,50,58)/t34-,35-,40-,41+/m1/s1. The van der Waals surface area contributed by atoms with Crippen LogP contribution in [0, 0.1) is 30.6 Å². The van der Waals surface area contributed by atoms with E-state index in [0.29, 0.717) is 41.1 Å². The quantitative estimate of drug-likeness (QED) is 0.0643. The Morgan fingerprint density at radius 1 is 0.763 bits per heavy atom. The van der Waals surface area contributed by atoms with E-state index in [2.05, 4.69) is 21.3 Å². The number of Topliss-reactive ketones (excluding diaryl/α,β-unsaturated/α-hetero) is 2. The molecule has 1 aliphatic rings. The van der Waals surface area contributed by atoms with E-state index in [0.717, 1.165) is 37.7 Å². The van der Waals surface area contributed by atoms with Gasteiger partial charge in [-0.1, -0.05) is 88.4 Å². The number of hydrogen-bond acceptors (Lipinski definition) is 8. The maximum absolute atomic E-state index is 13.8. The number of aliphatic carboxylic acids is 1. The number of carboxylic acid groups (broad SMARTS) is 1. The summed E-state index contributed by atoms with van der Waals surface area (Å²) in [5.74, 6) is -3.87. The van der Waals surface area contributed by atoms with Crippen molar-refractivity contribution in [2.75, 3.05) is 24.4 Å². The molecule has 4 atom stereocenters. The SMILES string of the molecule is COc1ccc(C[C@@H](NC(=O)[C@@H](CC(=O)[C@H](CO)NC(=O)[C@@H](CC(=O)Cc2ccc(NC(=O)Nc3ccccc3C)cc2)CC(C)C)CC2CCCCC2)C(=O)O)cc1. The number of benzene rings is 3. The van der Waals surface area contributed by atoms with E-state index >= 15 is 0 Å². The summed E-state index contributed by atoms with van der Waals surface area (Å²) < 4.78 is 5.19. The molecule has 4 amide bonds. The van der Waals surface area contributed by atoms with Crippen molar-refractivity contribution >= 4 is 46.8 Å². The average Bonchev–Trinajstić information content (AvgIpc) is 3.21. The second-order valence-corrected chi connectivity index (χ2v) is 16.1. The molecule has 0 heterocycles. The Labute approximate surface area is 347 Å². The number of anilines is 2. The molecule has 0 bridgehead atoms. The molecule has 59 heavy (non-hydrogen) atoms. The number of para-hydroxylation sites is 1. The molecular weight excluding hydrogens is 753 g/mol. The van der Waals surface area contributed by atoms with E-state index < -0.39 is 60.1 Å². The molecule has 0 spiro atoms. The summed E-state index contributed by atoms with van der Waals surface area (Å²) >= 11 is 0. The second kappa shape index (κ2) is 23.1. The fraction of sp³-hybridized carbons (Fsp3) is 0.478. The zero-order valence-corrected chi connectivity index (χ0v) is 34.6. The Bertz CT molecular complexity index is 1870. The van der Waals surface area contributed by atoms with Gasteiger partial charge in [-0.3, -0.25) is 19.2 Å². The van der Waals surface area contributed by atoms with E-state index in [9.17, 15) is 39.0 Å². The number of hydrogen-bond donors (Lipinski definition) is 6. The van der Waals surface area contributed by atoms with Gasteiger partial charge in [0.2, 0.25) is 11.8 Å². The lowest BCUT2D eigenvalue weighted by Crippen LogP contribution is -2.49. The lowest BCUT2D eigenvalue weighted by Gasteiger charge is -2.28.